The van der Waals surface area contributed by atoms with E-state index < -0.39 is 29.7 Å². The van der Waals surface area contributed by atoms with Gasteiger partial charge in [0.05, 0.1) is 22.7 Å². The number of fused-ring (bicyclic) bond motifs is 3. The van der Waals surface area contributed by atoms with Crippen LogP contribution >= 0.6 is 0 Å². The maximum Gasteiger partial charge on any atom is 0.262 e. The average Bonchev–Trinajstić information content (AvgIpc) is 3.79. The topological polar surface area (TPSA) is 156 Å². The first-order valence-corrected chi connectivity index (χ1v) is 18.4. The third-order valence-electron chi connectivity index (χ3n) is 10.5. The predicted molar refractivity (Wildman–Crippen MR) is 190 cm³/mol. The number of phenols is 1. The Hall–Kier alpha value is -5.00. The number of carbonyl (C=O) groups excluding carboxylic acids is 6. The first-order chi connectivity index (χ1) is 24.7. The number of aromatic hydroxyl groups is 1. The van der Waals surface area contributed by atoms with Crippen molar-refractivity contribution >= 4 is 41.0 Å². The molecular weight excluding hydrogens is 650 g/mol. The molecule has 51 heavy (non-hydrogen) atoms. The van der Waals surface area contributed by atoms with E-state index in [1.165, 1.54) is 31.4 Å². The lowest BCUT2D eigenvalue weighted by molar-refractivity contribution is -0.136. The molecule has 4 aliphatic rings. The van der Waals surface area contributed by atoms with Gasteiger partial charge in [-0.05, 0) is 56.0 Å². The first kappa shape index (κ1) is 35.8. The van der Waals surface area contributed by atoms with Crippen molar-refractivity contribution in [2.75, 3.05) is 25.0 Å². The molecule has 4 heterocycles. The zero-order valence-electron chi connectivity index (χ0n) is 29.0. The van der Waals surface area contributed by atoms with Crippen LogP contribution in [0.1, 0.15) is 115 Å². The van der Waals surface area contributed by atoms with Crippen LogP contribution in [0.15, 0.2) is 54.7 Å². The molecule has 0 aromatic heterocycles. The summed E-state index contributed by atoms with van der Waals surface area (Å²) in [7, 11) is 0. The highest BCUT2D eigenvalue weighted by Crippen LogP contribution is 2.32. The summed E-state index contributed by atoms with van der Waals surface area (Å²) in [6.45, 7) is 2.19. The number of unbranched alkanes of at least 4 members (excludes halogenated alkanes) is 8. The molecule has 0 radical (unpaired) electrons. The number of piperidine rings is 1. The van der Waals surface area contributed by atoms with E-state index in [0.717, 1.165) is 68.6 Å². The maximum atomic E-state index is 13.0. The molecule has 0 spiro atoms. The minimum atomic E-state index is -0.965. The van der Waals surface area contributed by atoms with E-state index in [2.05, 4.69) is 15.5 Å². The highest BCUT2D eigenvalue weighted by atomic mass is 16.3. The number of hydrogen-bond acceptors (Lipinski definition) is 9. The largest absolute Gasteiger partial charge is 0.507 e. The van der Waals surface area contributed by atoms with Crippen LogP contribution in [0, 0.1) is 0 Å². The number of amides is 5. The third kappa shape index (κ3) is 8.32. The Morgan fingerprint density at radius 3 is 2.25 bits per heavy atom. The third-order valence-corrected chi connectivity index (χ3v) is 10.5. The zero-order chi connectivity index (χ0) is 35.9. The van der Waals surface area contributed by atoms with Crippen LogP contribution in [0.4, 0.5) is 5.69 Å². The van der Waals surface area contributed by atoms with E-state index in [4.69, 9.17) is 0 Å². The van der Waals surface area contributed by atoms with E-state index >= 15 is 0 Å². The number of carbonyl (C=O) groups is 6. The molecule has 6 rings (SSSR count). The Bertz CT molecular complexity index is 1710. The van der Waals surface area contributed by atoms with Crippen molar-refractivity contribution in [1.29, 1.82) is 0 Å². The molecule has 3 saturated heterocycles. The van der Waals surface area contributed by atoms with Gasteiger partial charge in [0.2, 0.25) is 17.7 Å². The van der Waals surface area contributed by atoms with Gasteiger partial charge in [0.25, 0.3) is 11.8 Å². The molecule has 12 heteroatoms. The molecule has 3 N–H and O–H groups in total. The number of phenolic OH excluding ortho intramolecular Hbond substituents is 1. The number of anilines is 1. The molecule has 4 aliphatic heterocycles. The van der Waals surface area contributed by atoms with Gasteiger partial charge < -0.3 is 20.2 Å². The number of nitrogens with zero attached hydrogens (tertiary/aromatic N) is 3. The lowest BCUT2D eigenvalue weighted by Gasteiger charge is -2.33. The molecule has 270 valence electrons. The van der Waals surface area contributed by atoms with Crippen molar-refractivity contribution in [3.8, 4) is 5.75 Å². The molecule has 2 aromatic carbocycles. The summed E-state index contributed by atoms with van der Waals surface area (Å²) in [6, 6.07) is 11.1. The number of rotatable bonds is 17. The van der Waals surface area contributed by atoms with Gasteiger partial charge in [0.15, 0.2) is 5.78 Å². The van der Waals surface area contributed by atoms with Gasteiger partial charge in [-0.2, -0.15) is 0 Å². The Kier molecular flexibility index (Phi) is 11.5. The first-order valence-electron chi connectivity index (χ1n) is 18.4. The fourth-order valence-electron chi connectivity index (χ4n) is 7.72. The lowest BCUT2D eigenvalue weighted by atomic mass is 10.0. The van der Waals surface area contributed by atoms with Crippen LogP contribution in [-0.4, -0.2) is 92.9 Å². The summed E-state index contributed by atoms with van der Waals surface area (Å²) in [5, 5.41) is 15.5. The van der Waals surface area contributed by atoms with Gasteiger partial charge in [0.1, 0.15) is 11.8 Å². The van der Waals surface area contributed by atoms with Gasteiger partial charge in [0, 0.05) is 56.5 Å². The lowest BCUT2D eigenvalue weighted by Crippen LogP contribution is -2.54. The van der Waals surface area contributed by atoms with Crippen molar-refractivity contribution in [3.63, 3.8) is 0 Å². The summed E-state index contributed by atoms with van der Waals surface area (Å²) in [4.78, 5) is 80.1. The summed E-state index contributed by atoms with van der Waals surface area (Å²) in [5.74, 6) is -2.02. The van der Waals surface area contributed by atoms with Crippen LogP contribution in [0.25, 0.3) is 0 Å². The van der Waals surface area contributed by atoms with Crippen molar-refractivity contribution < 1.29 is 33.9 Å². The maximum absolute atomic E-state index is 13.0. The highest BCUT2D eigenvalue weighted by molar-refractivity contribution is 6.23. The molecule has 0 aliphatic carbocycles. The standard InChI is InChI=1S/C39H47N5O7/c45-33-13-10-9-12-30(33)34(46)19-21-42-24-28-23-27(42)25-43(28)36(48)14-8-6-4-2-1-3-5-7-11-20-40-26-15-16-29-31(22-26)39(51)44(38(29)50)32-17-18-35(47)41-37(32)49/h9-10,12-13,15-16,19,21-22,27-28,32,40,45H,1-8,11,14,17-18,20,23-25H2,(H,41,47,49)/b21-19+/t27-,28?,32?/m1/s1. The number of para-hydroxylation sites is 1. The molecule has 5 amide bonds. The molecule has 2 unspecified atom stereocenters. The van der Waals surface area contributed by atoms with Crippen LogP contribution in [0.5, 0.6) is 5.75 Å². The number of ketones is 1. The number of hydrogen-bond donors (Lipinski definition) is 3. The number of likely N-dealkylation sites (tertiary alicyclic amines) is 2. The Labute approximate surface area is 298 Å². The van der Waals surface area contributed by atoms with Crippen molar-refractivity contribution in [2.45, 2.75) is 102 Å². The van der Waals surface area contributed by atoms with Crippen LogP contribution in [0.2, 0.25) is 0 Å². The van der Waals surface area contributed by atoms with Gasteiger partial charge >= 0.3 is 0 Å². The zero-order valence-corrected chi connectivity index (χ0v) is 29.0. The van der Waals surface area contributed by atoms with Gasteiger partial charge in [-0.25, -0.2) is 0 Å². The summed E-state index contributed by atoms with van der Waals surface area (Å²) in [6.07, 6.45) is 14.9. The van der Waals surface area contributed by atoms with E-state index in [-0.39, 0.29) is 53.5 Å². The molecule has 2 aromatic rings. The second kappa shape index (κ2) is 16.3. The number of benzene rings is 2. The fourth-order valence-corrected chi connectivity index (χ4v) is 7.72. The number of imide groups is 2. The van der Waals surface area contributed by atoms with E-state index in [1.807, 2.05) is 11.1 Å². The van der Waals surface area contributed by atoms with Crippen molar-refractivity contribution in [2.24, 2.45) is 0 Å². The monoisotopic (exact) mass is 697 g/mol. The number of allylic oxidation sites excluding steroid dienone is 1. The van der Waals surface area contributed by atoms with Gasteiger partial charge in [-0.3, -0.25) is 39.0 Å². The minimum absolute atomic E-state index is 0.0204. The molecule has 2 bridgehead atoms. The second-order valence-corrected chi connectivity index (χ2v) is 14.0. The van der Waals surface area contributed by atoms with Crippen LogP contribution in [-0.2, 0) is 14.4 Å². The highest BCUT2D eigenvalue weighted by Gasteiger charge is 2.45. The van der Waals surface area contributed by atoms with Crippen molar-refractivity contribution in [1.82, 2.24) is 20.0 Å². The van der Waals surface area contributed by atoms with Crippen molar-refractivity contribution in [3.05, 3.63) is 71.4 Å². The second-order valence-electron chi connectivity index (χ2n) is 14.0. The molecule has 3 atom stereocenters. The Morgan fingerprint density at radius 2 is 1.55 bits per heavy atom. The van der Waals surface area contributed by atoms with Gasteiger partial charge in [-0.15, -0.1) is 0 Å². The summed E-state index contributed by atoms with van der Waals surface area (Å²) >= 11 is 0. The Morgan fingerprint density at radius 1 is 0.843 bits per heavy atom. The minimum Gasteiger partial charge on any atom is -0.507 e. The summed E-state index contributed by atoms with van der Waals surface area (Å²) < 4.78 is 0. The fraction of sp³-hybridized carbons (Fsp3) is 0.487. The smallest absolute Gasteiger partial charge is 0.262 e. The SMILES string of the molecule is O=C1CCC(N2C(=O)c3ccc(NCCCCCCCCCCCC(=O)N4C[C@H]5CC4CN5/C=C/C(=O)c4ccccc4O)cc3C2=O)C(=O)N1. The quantitative estimate of drug-likeness (QED) is 0.0916. The Balaban J connectivity index is 0.785. The normalized spacial score (nSPS) is 21.2. The number of piperazine rings is 1. The van der Waals surface area contributed by atoms with E-state index in [0.29, 0.717) is 18.5 Å². The number of nitrogens with one attached hydrogen (secondary N) is 2. The molecule has 0 saturated carbocycles. The van der Waals surface area contributed by atoms with E-state index in [9.17, 15) is 33.9 Å². The molecular formula is C39H47N5O7. The molecule has 12 nitrogen and oxygen atoms in total. The van der Waals surface area contributed by atoms with Crippen LogP contribution in [0.3, 0.4) is 0 Å². The molecule has 3 fully saturated rings. The summed E-state index contributed by atoms with van der Waals surface area (Å²) in [5.41, 5.74) is 1.60. The average molecular weight is 698 g/mol. The predicted octanol–water partition coefficient (Wildman–Crippen LogP) is 4.79. The van der Waals surface area contributed by atoms with Gasteiger partial charge in [-0.1, -0.05) is 57.1 Å². The van der Waals surface area contributed by atoms with Crippen LogP contribution < -0.4 is 10.6 Å². The van der Waals surface area contributed by atoms with E-state index in [1.54, 1.807) is 36.4 Å².